The Balaban J connectivity index is 2.38. The molecule has 6 nitrogen and oxygen atoms in total. The summed E-state index contributed by atoms with van der Waals surface area (Å²) in [7, 11) is 3.56. The minimum Gasteiger partial charge on any atom is -0.394 e. The van der Waals surface area contributed by atoms with Crippen molar-refractivity contribution in [3.05, 3.63) is 5.69 Å². The number of likely N-dealkylation sites (N-methyl/N-ethyl adjacent to an activating group) is 1. The molecule has 19 heavy (non-hydrogen) atoms. The number of nitrogens with one attached hydrogen (secondary N) is 1. The van der Waals surface area contributed by atoms with Crippen LogP contribution in [-0.4, -0.2) is 35.3 Å². The van der Waals surface area contributed by atoms with E-state index < -0.39 is 0 Å². The van der Waals surface area contributed by atoms with E-state index in [1.165, 1.54) is 0 Å². The van der Waals surface area contributed by atoms with E-state index >= 15 is 0 Å². The number of amides is 1. The fourth-order valence-corrected chi connectivity index (χ4v) is 2.78. The van der Waals surface area contributed by atoms with E-state index in [4.69, 9.17) is 5.73 Å². The van der Waals surface area contributed by atoms with E-state index in [-0.39, 0.29) is 17.9 Å². The topological polar surface area (TPSA) is 76.2 Å². The van der Waals surface area contributed by atoms with Crippen molar-refractivity contribution in [2.75, 3.05) is 24.2 Å². The van der Waals surface area contributed by atoms with Crippen molar-refractivity contribution in [3.63, 3.8) is 0 Å². The molecule has 1 aromatic rings. The summed E-state index contributed by atoms with van der Waals surface area (Å²) in [6, 6.07) is -0.136. The number of nitrogens with two attached hydrogens (primary N) is 1. The maximum atomic E-state index is 11.9. The fourth-order valence-electron chi connectivity index (χ4n) is 2.78. The zero-order valence-electron chi connectivity index (χ0n) is 12.1. The van der Waals surface area contributed by atoms with Crippen molar-refractivity contribution in [1.29, 1.82) is 0 Å². The molecule has 0 radical (unpaired) electrons. The van der Waals surface area contributed by atoms with Crippen molar-refractivity contribution >= 4 is 17.4 Å². The Labute approximate surface area is 113 Å². The highest BCUT2D eigenvalue weighted by Crippen LogP contribution is 2.34. The van der Waals surface area contributed by atoms with Crippen LogP contribution >= 0.6 is 0 Å². The second-order valence-electron chi connectivity index (χ2n) is 5.37. The zero-order valence-corrected chi connectivity index (χ0v) is 12.1. The van der Waals surface area contributed by atoms with E-state index in [1.807, 2.05) is 7.05 Å². The minimum absolute atomic E-state index is 0.0456. The first-order chi connectivity index (χ1) is 8.97. The van der Waals surface area contributed by atoms with E-state index in [1.54, 1.807) is 11.7 Å². The van der Waals surface area contributed by atoms with E-state index in [0.717, 1.165) is 30.9 Å². The predicted molar refractivity (Wildman–Crippen MR) is 76.1 cm³/mol. The lowest BCUT2D eigenvalue weighted by Gasteiger charge is -2.25. The minimum atomic E-state index is -0.136. The number of aryl methyl sites for hydroxylation is 1. The van der Waals surface area contributed by atoms with Crippen LogP contribution in [0.3, 0.4) is 0 Å². The molecule has 106 valence electrons. The van der Waals surface area contributed by atoms with Crippen LogP contribution in [0.15, 0.2) is 0 Å². The highest BCUT2D eigenvalue weighted by atomic mass is 16.2. The largest absolute Gasteiger partial charge is 0.394 e. The summed E-state index contributed by atoms with van der Waals surface area (Å²) >= 11 is 0. The number of hydrogen-bond acceptors (Lipinski definition) is 4. The number of hydrogen-bond donors (Lipinski definition) is 2. The lowest BCUT2D eigenvalue weighted by Crippen LogP contribution is -2.43. The van der Waals surface area contributed by atoms with Crippen molar-refractivity contribution < 1.29 is 4.79 Å². The molecule has 2 heterocycles. The van der Waals surface area contributed by atoms with Crippen LogP contribution in [0.5, 0.6) is 0 Å². The molecule has 1 unspecified atom stereocenters. The molecule has 0 aromatic carbocycles. The summed E-state index contributed by atoms with van der Waals surface area (Å²) in [5.74, 6) is 1.19. The lowest BCUT2D eigenvalue weighted by molar-refractivity contribution is -0.121. The number of anilines is 2. The van der Waals surface area contributed by atoms with Gasteiger partial charge in [-0.2, -0.15) is 5.10 Å². The second-order valence-corrected chi connectivity index (χ2v) is 5.37. The molecule has 1 aromatic heterocycles. The summed E-state index contributed by atoms with van der Waals surface area (Å²) in [5, 5.41) is 7.22. The van der Waals surface area contributed by atoms with Crippen molar-refractivity contribution in [3.8, 4) is 0 Å². The number of carbonyl (C=O) groups excluding carboxylic acids is 1. The Morgan fingerprint density at radius 1 is 1.53 bits per heavy atom. The quantitative estimate of drug-likeness (QED) is 0.849. The van der Waals surface area contributed by atoms with Gasteiger partial charge in [-0.25, -0.2) is 0 Å². The van der Waals surface area contributed by atoms with Crippen LogP contribution < -0.4 is 16.0 Å². The monoisotopic (exact) mass is 265 g/mol. The third-order valence-corrected chi connectivity index (χ3v) is 3.70. The molecule has 3 N–H and O–H groups in total. The van der Waals surface area contributed by atoms with E-state index in [9.17, 15) is 4.79 Å². The molecule has 1 saturated heterocycles. The number of nitrogens with zero attached hydrogens (tertiary/aromatic N) is 3. The molecule has 1 aliphatic heterocycles. The fraction of sp³-hybridized carbons (Fsp3) is 0.692. The van der Waals surface area contributed by atoms with Gasteiger partial charge in [-0.05, 0) is 18.8 Å². The molecule has 1 atom stereocenters. The third kappa shape index (κ3) is 2.27. The molecule has 6 heteroatoms. The third-order valence-electron chi connectivity index (χ3n) is 3.70. The van der Waals surface area contributed by atoms with Crippen LogP contribution in [0.2, 0.25) is 0 Å². The van der Waals surface area contributed by atoms with Gasteiger partial charge in [-0.3, -0.25) is 9.48 Å². The SMILES string of the molecule is CNC(=O)C1CCCN1c1c(N)c(C(C)C)nn1C. The zero-order chi connectivity index (χ0) is 14.2. The standard InChI is InChI=1S/C13H23N5O/c1-8(2)11-10(14)13(17(4)16-11)18-7-5-6-9(18)12(19)15-3/h8-9H,5-7,14H2,1-4H3,(H,15,19). The first-order valence-electron chi connectivity index (χ1n) is 6.78. The van der Waals surface area contributed by atoms with E-state index in [0.29, 0.717) is 5.69 Å². The molecule has 1 fully saturated rings. The number of rotatable bonds is 3. The Hall–Kier alpha value is -1.72. The number of carbonyl (C=O) groups is 1. The van der Waals surface area contributed by atoms with Crippen molar-refractivity contribution in [2.24, 2.45) is 7.05 Å². The molecular formula is C13H23N5O. The van der Waals surface area contributed by atoms with Gasteiger partial charge in [-0.15, -0.1) is 0 Å². The summed E-state index contributed by atoms with van der Waals surface area (Å²) in [6.45, 7) is 4.99. The Bertz CT molecular complexity index is 480. The highest BCUT2D eigenvalue weighted by molar-refractivity contribution is 5.86. The van der Waals surface area contributed by atoms with E-state index in [2.05, 4.69) is 29.2 Å². The van der Waals surface area contributed by atoms with Crippen LogP contribution in [-0.2, 0) is 11.8 Å². The van der Waals surface area contributed by atoms with Gasteiger partial charge in [0.15, 0.2) is 5.82 Å². The van der Waals surface area contributed by atoms with Crippen LogP contribution in [0, 0.1) is 0 Å². The van der Waals surface area contributed by atoms with Gasteiger partial charge < -0.3 is 16.0 Å². The lowest BCUT2D eigenvalue weighted by atomic mass is 10.1. The molecule has 1 aliphatic rings. The van der Waals surface area contributed by atoms with Gasteiger partial charge in [0.1, 0.15) is 6.04 Å². The molecule has 1 amide bonds. The first kappa shape index (κ1) is 13.7. The van der Waals surface area contributed by atoms with Crippen molar-refractivity contribution in [1.82, 2.24) is 15.1 Å². The predicted octanol–water partition coefficient (Wildman–Crippen LogP) is 0.840. The molecule has 2 rings (SSSR count). The number of nitrogen functional groups attached to an aromatic ring is 1. The number of aromatic nitrogens is 2. The average Bonchev–Trinajstić information content (AvgIpc) is 2.93. The molecule has 0 saturated carbocycles. The van der Waals surface area contributed by atoms with Crippen LogP contribution in [0.25, 0.3) is 0 Å². The maximum absolute atomic E-state index is 11.9. The highest BCUT2D eigenvalue weighted by Gasteiger charge is 2.34. The average molecular weight is 265 g/mol. The summed E-state index contributed by atoms with van der Waals surface area (Å²) in [4.78, 5) is 14.0. The van der Waals surface area contributed by atoms with Gasteiger partial charge in [0.2, 0.25) is 5.91 Å². The van der Waals surface area contributed by atoms with Crippen LogP contribution in [0.4, 0.5) is 11.5 Å². The normalized spacial score (nSPS) is 19.2. The maximum Gasteiger partial charge on any atom is 0.242 e. The molecule has 0 spiro atoms. The summed E-state index contributed by atoms with van der Waals surface area (Å²) in [5.41, 5.74) is 7.84. The Morgan fingerprint density at radius 3 is 2.74 bits per heavy atom. The Kier molecular flexibility index (Phi) is 3.68. The second kappa shape index (κ2) is 5.11. The Morgan fingerprint density at radius 2 is 2.21 bits per heavy atom. The van der Waals surface area contributed by atoms with Gasteiger partial charge in [0.05, 0.1) is 11.4 Å². The summed E-state index contributed by atoms with van der Waals surface area (Å²) in [6.07, 6.45) is 1.86. The van der Waals surface area contributed by atoms with Crippen LogP contribution in [0.1, 0.15) is 38.3 Å². The molecule has 0 aliphatic carbocycles. The van der Waals surface area contributed by atoms with Gasteiger partial charge in [0, 0.05) is 20.6 Å². The first-order valence-corrected chi connectivity index (χ1v) is 6.78. The molecule has 0 bridgehead atoms. The molecular weight excluding hydrogens is 242 g/mol. The van der Waals surface area contributed by atoms with Gasteiger partial charge in [0.25, 0.3) is 0 Å². The summed E-state index contributed by atoms with van der Waals surface area (Å²) < 4.78 is 1.80. The smallest absolute Gasteiger partial charge is 0.242 e. The van der Waals surface area contributed by atoms with Crippen molar-refractivity contribution in [2.45, 2.75) is 38.6 Å². The van der Waals surface area contributed by atoms with Gasteiger partial charge in [-0.1, -0.05) is 13.8 Å². The van der Waals surface area contributed by atoms with Gasteiger partial charge >= 0.3 is 0 Å².